The number of hydrogen-bond donors (Lipinski definition) is 6. The fourth-order valence-electron chi connectivity index (χ4n) is 4.14. The number of ether oxygens (including phenoxy) is 5. The van der Waals surface area contributed by atoms with Crippen LogP contribution in [-0.2, 0) is 39.8 Å². The maximum Gasteiger partial charge on any atom is 0.326 e. The Kier molecular flexibility index (Phi) is 17.4. The second-order valence-corrected chi connectivity index (χ2v) is 10.3. The smallest absolute Gasteiger partial charge is 0.326 e. The van der Waals surface area contributed by atoms with E-state index in [1.807, 2.05) is 6.92 Å². The number of hydrogen-bond acceptors (Lipinski definition) is 14. The SMILES string of the molecule is CCOCCOCCOCCOCCOCCNC(=O)CC[C@H](NC(=O)c1ccc(NCc2cnc3nc(N)[nH]c(=O)c3n2)cc1)C(=O)O. The molecule has 1 aromatic carbocycles. The number of benzene rings is 1. The number of carbonyl (C=O) groups is 3. The Hall–Kier alpha value is -4.75. The van der Waals surface area contributed by atoms with E-state index < -0.39 is 23.5 Å². The summed E-state index contributed by atoms with van der Waals surface area (Å²) in [6.07, 6.45) is 1.26. The Morgan fingerprint density at radius 1 is 0.898 bits per heavy atom. The van der Waals surface area contributed by atoms with Gasteiger partial charge in [0, 0.05) is 30.8 Å². The number of aromatic nitrogens is 4. The van der Waals surface area contributed by atoms with Gasteiger partial charge in [-0.3, -0.25) is 19.4 Å². The van der Waals surface area contributed by atoms with Crippen molar-refractivity contribution in [1.29, 1.82) is 0 Å². The van der Waals surface area contributed by atoms with Crippen molar-refractivity contribution in [2.24, 2.45) is 0 Å². The van der Waals surface area contributed by atoms with Crippen LogP contribution in [-0.4, -0.2) is 121 Å². The quantitative estimate of drug-likeness (QED) is 0.0645. The highest BCUT2D eigenvalue weighted by molar-refractivity contribution is 5.97. The minimum absolute atomic E-state index is 0.0528. The van der Waals surface area contributed by atoms with Crippen molar-refractivity contribution < 1.29 is 43.2 Å². The predicted molar refractivity (Wildman–Crippen MR) is 177 cm³/mol. The molecule has 0 aliphatic heterocycles. The van der Waals surface area contributed by atoms with Gasteiger partial charge in [0.05, 0.1) is 77.9 Å². The van der Waals surface area contributed by atoms with Gasteiger partial charge in [0.1, 0.15) is 6.04 Å². The molecule has 0 fully saturated rings. The Morgan fingerprint density at radius 2 is 1.51 bits per heavy atom. The number of carbonyl (C=O) groups excluding carboxylic acids is 2. The van der Waals surface area contributed by atoms with Crippen molar-refractivity contribution in [3.8, 4) is 0 Å². The average molecular weight is 689 g/mol. The first kappa shape index (κ1) is 38.7. The zero-order chi connectivity index (χ0) is 35.3. The number of nitrogens with two attached hydrogens (primary N) is 1. The number of fused-ring (bicyclic) bond motifs is 1. The molecule has 0 saturated carbocycles. The summed E-state index contributed by atoms with van der Waals surface area (Å²) in [5.74, 6) is -2.28. The lowest BCUT2D eigenvalue weighted by Gasteiger charge is -2.15. The van der Waals surface area contributed by atoms with E-state index in [0.717, 1.165) is 0 Å². The molecule has 7 N–H and O–H groups in total. The van der Waals surface area contributed by atoms with Crippen molar-refractivity contribution in [3.05, 3.63) is 52.1 Å². The number of rotatable bonds is 25. The van der Waals surface area contributed by atoms with Crippen LogP contribution in [0.4, 0.5) is 11.6 Å². The van der Waals surface area contributed by atoms with Gasteiger partial charge < -0.3 is 50.5 Å². The second-order valence-electron chi connectivity index (χ2n) is 10.3. The van der Waals surface area contributed by atoms with Gasteiger partial charge in [-0.2, -0.15) is 4.98 Å². The van der Waals surface area contributed by atoms with Gasteiger partial charge in [-0.05, 0) is 37.6 Å². The normalized spacial score (nSPS) is 11.7. The number of H-pyrrole nitrogens is 1. The summed E-state index contributed by atoms with van der Waals surface area (Å²) < 4.78 is 26.7. The Morgan fingerprint density at radius 3 is 2.12 bits per heavy atom. The molecule has 2 amide bonds. The molecule has 2 heterocycles. The number of carboxylic acids is 1. The van der Waals surface area contributed by atoms with Gasteiger partial charge in [-0.1, -0.05) is 0 Å². The average Bonchev–Trinajstić information content (AvgIpc) is 3.09. The fraction of sp³-hybridized carbons (Fsp3) is 0.516. The van der Waals surface area contributed by atoms with Gasteiger partial charge in [-0.15, -0.1) is 0 Å². The third kappa shape index (κ3) is 14.9. The molecule has 2 aromatic heterocycles. The highest BCUT2D eigenvalue weighted by Crippen LogP contribution is 2.12. The summed E-state index contributed by atoms with van der Waals surface area (Å²) >= 11 is 0. The summed E-state index contributed by atoms with van der Waals surface area (Å²) in [6, 6.07) is 5.05. The number of amides is 2. The van der Waals surface area contributed by atoms with Gasteiger partial charge in [0.2, 0.25) is 11.9 Å². The molecule has 3 rings (SSSR count). The van der Waals surface area contributed by atoms with Crippen molar-refractivity contribution in [3.63, 3.8) is 0 Å². The van der Waals surface area contributed by atoms with Crippen LogP contribution in [0.3, 0.4) is 0 Å². The molecule has 3 aromatic rings. The number of nitrogens with zero attached hydrogens (tertiary/aromatic N) is 3. The molecule has 0 aliphatic rings. The van der Waals surface area contributed by atoms with E-state index in [9.17, 15) is 24.3 Å². The first-order valence-electron chi connectivity index (χ1n) is 15.8. The molecule has 0 radical (unpaired) electrons. The van der Waals surface area contributed by atoms with E-state index in [-0.39, 0.29) is 61.1 Å². The predicted octanol–water partition coefficient (Wildman–Crippen LogP) is 0.0897. The zero-order valence-electron chi connectivity index (χ0n) is 27.4. The number of anilines is 2. The molecule has 49 heavy (non-hydrogen) atoms. The lowest BCUT2D eigenvalue weighted by atomic mass is 10.1. The molecule has 18 nitrogen and oxygen atoms in total. The van der Waals surface area contributed by atoms with E-state index in [1.165, 1.54) is 18.3 Å². The summed E-state index contributed by atoms with van der Waals surface area (Å²) in [5.41, 5.74) is 6.56. The first-order valence-corrected chi connectivity index (χ1v) is 15.8. The zero-order valence-corrected chi connectivity index (χ0v) is 27.4. The van der Waals surface area contributed by atoms with E-state index in [2.05, 4.69) is 35.9 Å². The van der Waals surface area contributed by atoms with Crippen molar-refractivity contribution >= 4 is 40.6 Å². The fourth-order valence-corrected chi connectivity index (χ4v) is 4.14. The highest BCUT2D eigenvalue weighted by Gasteiger charge is 2.21. The van der Waals surface area contributed by atoms with Gasteiger partial charge in [0.25, 0.3) is 11.5 Å². The third-order valence-electron chi connectivity index (χ3n) is 6.63. The minimum atomic E-state index is -1.26. The van der Waals surface area contributed by atoms with Crippen LogP contribution in [0, 0.1) is 0 Å². The standard InChI is InChI=1S/C31H44N8O10/c1-2-45-11-12-47-15-16-49-18-17-48-14-13-46-10-9-33-25(40)8-7-24(30(43)44)37-28(41)21-3-5-22(6-4-21)34-19-23-20-35-27-26(36-23)29(42)39-31(32)38-27/h3-6,20,24,34H,2,7-19H2,1H3,(H,33,40)(H,37,41)(H,43,44)(H3,32,35,38,39,42)/t24-/m0/s1. The summed E-state index contributed by atoms with van der Waals surface area (Å²) in [4.78, 5) is 63.4. The van der Waals surface area contributed by atoms with E-state index in [4.69, 9.17) is 29.4 Å². The molecule has 0 saturated heterocycles. The number of aromatic amines is 1. The number of nitrogens with one attached hydrogen (secondary N) is 4. The Labute approximate surface area is 282 Å². The molecule has 18 heteroatoms. The Bertz CT molecular complexity index is 1520. The van der Waals surface area contributed by atoms with Crippen LogP contribution in [0.1, 0.15) is 35.8 Å². The van der Waals surface area contributed by atoms with E-state index in [1.54, 1.807) is 12.1 Å². The van der Waals surface area contributed by atoms with Crippen LogP contribution < -0.4 is 27.2 Å². The largest absolute Gasteiger partial charge is 0.480 e. The van der Waals surface area contributed by atoms with E-state index in [0.29, 0.717) is 70.8 Å². The van der Waals surface area contributed by atoms with Crippen LogP contribution in [0.5, 0.6) is 0 Å². The second kappa shape index (κ2) is 22.0. The lowest BCUT2D eigenvalue weighted by molar-refractivity contribution is -0.139. The summed E-state index contributed by atoms with van der Waals surface area (Å²) in [7, 11) is 0. The van der Waals surface area contributed by atoms with Crippen molar-refractivity contribution in [2.45, 2.75) is 32.4 Å². The van der Waals surface area contributed by atoms with Gasteiger partial charge in [0.15, 0.2) is 11.2 Å². The van der Waals surface area contributed by atoms with Crippen LogP contribution in [0.15, 0.2) is 35.3 Å². The molecule has 0 unspecified atom stereocenters. The molecule has 1 atom stereocenters. The first-order chi connectivity index (χ1) is 23.8. The molecular formula is C31H44N8O10. The maximum absolute atomic E-state index is 12.7. The van der Waals surface area contributed by atoms with Crippen LogP contribution in [0.2, 0.25) is 0 Å². The maximum atomic E-state index is 12.7. The van der Waals surface area contributed by atoms with Crippen LogP contribution >= 0.6 is 0 Å². The molecule has 0 aliphatic carbocycles. The van der Waals surface area contributed by atoms with E-state index >= 15 is 0 Å². The number of aliphatic carboxylic acids is 1. The topological polar surface area (TPSA) is 251 Å². The number of carboxylic acid groups (broad SMARTS) is 1. The van der Waals surface area contributed by atoms with Crippen molar-refractivity contribution in [1.82, 2.24) is 30.6 Å². The van der Waals surface area contributed by atoms with Crippen LogP contribution in [0.25, 0.3) is 11.2 Å². The summed E-state index contributed by atoms with van der Waals surface area (Å²) in [6.45, 7) is 7.00. The lowest BCUT2D eigenvalue weighted by Crippen LogP contribution is -2.41. The highest BCUT2D eigenvalue weighted by atomic mass is 16.6. The molecular weight excluding hydrogens is 644 g/mol. The molecule has 0 bridgehead atoms. The Balaban J connectivity index is 1.26. The summed E-state index contributed by atoms with van der Waals surface area (Å²) in [5, 5.41) is 17.8. The molecule has 268 valence electrons. The van der Waals surface area contributed by atoms with Gasteiger partial charge >= 0.3 is 5.97 Å². The number of nitrogen functional groups attached to an aromatic ring is 1. The molecule has 0 spiro atoms. The van der Waals surface area contributed by atoms with Crippen molar-refractivity contribution in [2.75, 3.05) is 83.7 Å². The minimum Gasteiger partial charge on any atom is -0.480 e. The third-order valence-corrected chi connectivity index (χ3v) is 6.63. The monoisotopic (exact) mass is 688 g/mol. The van der Waals surface area contributed by atoms with Gasteiger partial charge in [-0.25, -0.2) is 14.8 Å².